The van der Waals surface area contributed by atoms with Crippen molar-refractivity contribution < 1.29 is 19.4 Å². The Kier molecular flexibility index (Phi) is 8.40. The fourth-order valence-corrected chi connectivity index (χ4v) is 6.07. The minimum absolute atomic E-state index is 0.0257. The second-order valence-corrected chi connectivity index (χ2v) is 12.0. The number of nitrogens with one attached hydrogen (secondary N) is 1. The van der Waals surface area contributed by atoms with Crippen LogP contribution in [0.25, 0.3) is 33.5 Å². The first kappa shape index (κ1) is 29.5. The van der Waals surface area contributed by atoms with Gasteiger partial charge >= 0.3 is 5.97 Å². The van der Waals surface area contributed by atoms with Crippen LogP contribution in [0.15, 0.2) is 84.9 Å². The van der Waals surface area contributed by atoms with E-state index in [1.165, 1.54) is 12.8 Å². The molecule has 0 radical (unpaired) electrons. The summed E-state index contributed by atoms with van der Waals surface area (Å²) in [5.41, 5.74) is 6.20. The Labute approximate surface area is 261 Å². The van der Waals surface area contributed by atoms with E-state index in [2.05, 4.69) is 9.88 Å². The lowest BCUT2D eigenvalue weighted by atomic mass is 9.97. The molecule has 1 heterocycles. The number of fused-ring (bicyclic) bond motifs is 1. The first-order valence-electron chi connectivity index (χ1n) is 14.9. The number of benzene rings is 4. The average Bonchev–Trinajstić information content (AvgIpc) is 3.68. The Bertz CT molecular complexity index is 1820. The Hall–Kier alpha value is -4.62. The van der Waals surface area contributed by atoms with Crippen molar-refractivity contribution in [3.05, 3.63) is 107 Å². The molecule has 0 bridgehead atoms. The largest absolute Gasteiger partial charge is 0.489 e. The van der Waals surface area contributed by atoms with Gasteiger partial charge in [-0.05, 0) is 110 Å². The van der Waals surface area contributed by atoms with Crippen molar-refractivity contribution in [3.8, 4) is 28.3 Å². The van der Waals surface area contributed by atoms with Crippen molar-refractivity contribution in [2.24, 2.45) is 0 Å². The third-order valence-electron chi connectivity index (χ3n) is 8.08. The summed E-state index contributed by atoms with van der Waals surface area (Å²) in [4.78, 5) is 29.3. The quantitative estimate of drug-likeness (QED) is 0.175. The lowest BCUT2D eigenvalue weighted by Gasteiger charge is -2.17. The standard InChI is InChI=1S/C36H34ClN3O4/c1-22(2)38-35(41)25-11-17-31(23-7-13-28(37)14-8-23)27(19-25)21-44-30-15-9-24(10-16-30)34-39-32-20-26(36(42)43)12-18-33(32)40(34)29-5-3-4-6-29/h7-20,22,29H,3-6,21H2,1-2H3,(H,38,41)(H,42,43). The summed E-state index contributed by atoms with van der Waals surface area (Å²) in [7, 11) is 0. The fourth-order valence-electron chi connectivity index (χ4n) is 5.94. The molecule has 1 aliphatic carbocycles. The number of amides is 1. The van der Waals surface area contributed by atoms with E-state index in [9.17, 15) is 14.7 Å². The highest BCUT2D eigenvalue weighted by molar-refractivity contribution is 6.30. The number of carboxylic acid groups (broad SMARTS) is 1. The van der Waals surface area contributed by atoms with Crippen LogP contribution in [0.3, 0.4) is 0 Å². The summed E-state index contributed by atoms with van der Waals surface area (Å²) in [5.74, 6) is 0.420. The van der Waals surface area contributed by atoms with Gasteiger partial charge < -0.3 is 19.7 Å². The maximum atomic E-state index is 12.8. The zero-order chi connectivity index (χ0) is 30.8. The summed E-state index contributed by atoms with van der Waals surface area (Å²) in [6.45, 7) is 4.13. The van der Waals surface area contributed by atoms with Crippen molar-refractivity contribution >= 4 is 34.5 Å². The second-order valence-electron chi connectivity index (χ2n) is 11.6. The summed E-state index contributed by atoms with van der Waals surface area (Å²) in [6.07, 6.45) is 4.49. The number of carbonyl (C=O) groups excluding carboxylic acids is 1. The number of carbonyl (C=O) groups is 2. The van der Waals surface area contributed by atoms with Gasteiger partial charge in [0, 0.05) is 28.2 Å². The molecule has 8 heteroatoms. The van der Waals surface area contributed by atoms with Gasteiger partial charge in [0.2, 0.25) is 0 Å². The monoisotopic (exact) mass is 607 g/mol. The number of imidazole rings is 1. The van der Waals surface area contributed by atoms with Gasteiger partial charge in [-0.15, -0.1) is 0 Å². The molecule has 44 heavy (non-hydrogen) atoms. The number of halogens is 1. The minimum Gasteiger partial charge on any atom is -0.489 e. The molecular weight excluding hydrogens is 574 g/mol. The molecule has 6 rings (SSSR count). The van der Waals surface area contributed by atoms with E-state index in [1.54, 1.807) is 12.1 Å². The maximum absolute atomic E-state index is 12.8. The Morgan fingerprint density at radius 2 is 1.61 bits per heavy atom. The Morgan fingerprint density at radius 3 is 2.30 bits per heavy atom. The highest BCUT2D eigenvalue weighted by atomic mass is 35.5. The fraction of sp³-hybridized carbons (Fsp3) is 0.250. The van der Waals surface area contributed by atoms with Crippen LogP contribution in [0.5, 0.6) is 5.75 Å². The smallest absolute Gasteiger partial charge is 0.335 e. The van der Waals surface area contributed by atoms with E-state index < -0.39 is 5.97 Å². The highest BCUT2D eigenvalue weighted by Crippen LogP contribution is 2.37. The van der Waals surface area contributed by atoms with Crippen LogP contribution in [-0.2, 0) is 6.61 Å². The molecule has 2 N–H and O–H groups in total. The SMILES string of the molecule is CC(C)NC(=O)c1ccc(-c2ccc(Cl)cc2)c(COc2ccc(-c3nc4cc(C(=O)O)ccc4n3C3CCCC3)cc2)c1. The number of rotatable bonds is 9. The summed E-state index contributed by atoms with van der Waals surface area (Å²) < 4.78 is 8.54. The lowest BCUT2D eigenvalue weighted by Crippen LogP contribution is -2.30. The van der Waals surface area contributed by atoms with Crippen molar-refractivity contribution in [1.82, 2.24) is 14.9 Å². The van der Waals surface area contributed by atoms with Gasteiger partial charge in [0.25, 0.3) is 5.91 Å². The van der Waals surface area contributed by atoms with Gasteiger partial charge in [-0.3, -0.25) is 4.79 Å². The van der Waals surface area contributed by atoms with Gasteiger partial charge in [0.15, 0.2) is 0 Å². The van der Waals surface area contributed by atoms with E-state index >= 15 is 0 Å². The lowest BCUT2D eigenvalue weighted by molar-refractivity contribution is 0.0696. The topological polar surface area (TPSA) is 93.4 Å². The number of aromatic nitrogens is 2. The molecule has 4 aromatic carbocycles. The van der Waals surface area contributed by atoms with E-state index in [0.29, 0.717) is 27.9 Å². The molecule has 0 unspecified atom stereocenters. The van der Waals surface area contributed by atoms with Crippen LogP contribution in [0.1, 0.15) is 71.9 Å². The average molecular weight is 608 g/mol. The molecule has 7 nitrogen and oxygen atoms in total. The molecule has 1 aromatic heterocycles. The molecule has 0 atom stereocenters. The molecule has 1 amide bonds. The van der Waals surface area contributed by atoms with Gasteiger partial charge in [0.1, 0.15) is 18.2 Å². The first-order chi connectivity index (χ1) is 21.3. The number of carboxylic acids is 1. The molecular formula is C36H34ClN3O4. The van der Waals surface area contributed by atoms with Gasteiger partial charge in [-0.2, -0.15) is 0 Å². The minimum atomic E-state index is -0.962. The third kappa shape index (κ3) is 6.19. The number of nitrogens with zero attached hydrogens (tertiary/aromatic N) is 2. The van der Waals surface area contributed by atoms with Crippen LogP contribution >= 0.6 is 11.6 Å². The molecule has 5 aromatic rings. The van der Waals surface area contributed by atoms with Crippen molar-refractivity contribution in [2.45, 2.75) is 58.2 Å². The summed E-state index contributed by atoms with van der Waals surface area (Å²) in [6, 6.07) is 26.6. The highest BCUT2D eigenvalue weighted by Gasteiger charge is 2.24. The number of aromatic carboxylic acids is 1. The predicted molar refractivity (Wildman–Crippen MR) is 173 cm³/mol. The van der Waals surface area contributed by atoms with E-state index in [1.807, 2.05) is 86.6 Å². The van der Waals surface area contributed by atoms with E-state index in [4.69, 9.17) is 21.3 Å². The van der Waals surface area contributed by atoms with Crippen LogP contribution < -0.4 is 10.1 Å². The number of hydrogen-bond donors (Lipinski definition) is 2. The molecule has 1 aliphatic rings. The molecule has 1 fully saturated rings. The molecule has 224 valence electrons. The van der Waals surface area contributed by atoms with Crippen molar-refractivity contribution in [3.63, 3.8) is 0 Å². The van der Waals surface area contributed by atoms with Crippen molar-refractivity contribution in [1.29, 1.82) is 0 Å². The zero-order valence-electron chi connectivity index (χ0n) is 24.7. The van der Waals surface area contributed by atoms with E-state index in [-0.39, 0.29) is 24.1 Å². The number of ether oxygens (including phenoxy) is 1. The van der Waals surface area contributed by atoms with Crippen LogP contribution in [-0.4, -0.2) is 32.6 Å². The second kappa shape index (κ2) is 12.5. The summed E-state index contributed by atoms with van der Waals surface area (Å²) in [5, 5.41) is 13.1. The third-order valence-corrected chi connectivity index (χ3v) is 8.33. The molecule has 1 saturated carbocycles. The Morgan fingerprint density at radius 1 is 0.932 bits per heavy atom. The van der Waals surface area contributed by atoms with E-state index in [0.717, 1.165) is 46.4 Å². The first-order valence-corrected chi connectivity index (χ1v) is 15.3. The zero-order valence-corrected chi connectivity index (χ0v) is 25.5. The Balaban J connectivity index is 1.29. The van der Waals surface area contributed by atoms with Crippen LogP contribution in [0, 0.1) is 0 Å². The van der Waals surface area contributed by atoms with Gasteiger partial charge in [-0.25, -0.2) is 9.78 Å². The van der Waals surface area contributed by atoms with Crippen molar-refractivity contribution in [2.75, 3.05) is 0 Å². The van der Waals surface area contributed by atoms with Crippen LogP contribution in [0.2, 0.25) is 5.02 Å². The molecule has 0 spiro atoms. The summed E-state index contributed by atoms with van der Waals surface area (Å²) >= 11 is 6.13. The van der Waals surface area contributed by atoms with Crippen LogP contribution in [0.4, 0.5) is 0 Å². The van der Waals surface area contributed by atoms with Gasteiger partial charge in [0.05, 0.1) is 16.6 Å². The predicted octanol–water partition coefficient (Wildman–Crippen LogP) is 8.55. The maximum Gasteiger partial charge on any atom is 0.335 e. The molecule has 0 aliphatic heterocycles. The normalized spacial score (nSPS) is 13.5. The van der Waals surface area contributed by atoms with Gasteiger partial charge in [-0.1, -0.05) is 42.6 Å². The number of hydrogen-bond acceptors (Lipinski definition) is 4. The molecule has 0 saturated heterocycles.